The van der Waals surface area contributed by atoms with Crippen molar-refractivity contribution < 1.29 is 0 Å². The van der Waals surface area contributed by atoms with Gasteiger partial charge in [-0.3, -0.25) is 4.99 Å². The highest BCUT2D eigenvalue weighted by Crippen LogP contribution is 2.36. The number of rotatable bonds is 4. The van der Waals surface area contributed by atoms with Gasteiger partial charge in [0.1, 0.15) is 0 Å². The van der Waals surface area contributed by atoms with E-state index in [1.165, 1.54) is 57.8 Å². The fourth-order valence-electron chi connectivity index (χ4n) is 4.49. The largest absolute Gasteiger partial charge is 0.355 e. The van der Waals surface area contributed by atoms with Gasteiger partial charge in [0.2, 0.25) is 0 Å². The molecule has 126 valence electrons. The van der Waals surface area contributed by atoms with Gasteiger partial charge < -0.3 is 10.6 Å². The predicted molar refractivity (Wildman–Crippen MR) is 94.6 cm³/mol. The second-order valence-electron chi connectivity index (χ2n) is 7.79. The van der Waals surface area contributed by atoms with E-state index in [1.807, 2.05) is 0 Å². The first-order valence-electron chi connectivity index (χ1n) is 9.39. The molecular formula is C18H32ClN3. The van der Waals surface area contributed by atoms with Gasteiger partial charge in [-0.2, -0.15) is 0 Å². The Hall–Kier alpha value is -0.440. The van der Waals surface area contributed by atoms with Crippen molar-refractivity contribution in [2.75, 3.05) is 13.1 Å². The molecule has 1 aliphatic heterocycles. The molecule has 4 heteroatoms. The van der Waals surface area contributed by atoms with Crippen LogP contribution in [0, 0.1) is 17.8 Å². The Morgan fingerprint density at radius 3 is 2.73 bits per heavy atom. The molecule has 1 heterocycles. The number of guanidine groups is 1. The van der Waals surface area contributed by atoms with Gasteiger partial charge in [0, 0.05) is 18.0 Å². The summed E-state index contributed by atoms with van der Waals surface area (Å²) in [5.74, 6) is 3.59. The van der Waals surface area contributed by atoms with Crippen molar-refractivity contribution >= 4 is 17.6 Å². The topological polar surface area (TPSA) is 36.4 Å². The lowest BCUT2D eigenvalue weighted by molar-refractivity contribution is 0.211. The molecule has 2 N–H and O–H groups in total. The van der Waals surface area contributed by atoms with Crippen molar-refractivity contribution in [3.05, 3.63) is 0 Å². The van der Waals surface area contributed by atoms with Gasteiger partial charge in [-0.05, 0) is 43.4 Å². The van der Waals surface area contributed by atoms with Crippen LogP contribution >= 0.6 is 11.6 Å². The molecule has 0 aromatic heterocycles. The van der Waals surface area contributed by atoms with E-state index in [0.29, 0.717) is 11.4 Å². The highest BCUT2D eigenvalue weighted by Gasteiger charge is 2.31. The molecular weight excluding hydrogens is 294 g/mol. The molecule has 22 heavy (non-hydrogen) atoms. The Labute approximate surface area is 140 Å². The molecule has 3 aliphatic rings. The molecule has 0 saturated heterocycles. The Morgan fingerprint density at radius 1 is 1.23 bits per heavy atom. The predicted octanol–water partition coefficient (Wildman–Crippen LogP) is 3.92. The smallest absolute Gasteiger partial charge is 0.191 e. The van der Waals surface area contributed by atoms with Crippen LogP contribution in [0.15, 0.2) is 4.99 Å². The van der Waals surface area contributed by atoms with Crippen molar-refractivity contribution in [3.8, 4) is 0 Å². The van der Waals surface area contributed by atoms with E-state index in [-0.39, 0.29) is 0 Å². The average molecular weight is 326 g/mol. The summed E-state index contributed by atoms with van der Waals surface area (Å²) >= 11 is 6.46. The number of aliphatic imine (C=N–C) groups is 1. The minimum absolute atomic E-state index is 0.382. The maximum atomic E-state index is 6.46. The Morgan fingerprint density at radius 2 is 2.05 bits per heavy atom. The first kappa shape index (κ1) is 16.4. The monoisotopic (exact) mass is 325 g/mol. The highest BCUT2D eigenvalue weighted by atomic mass is 35.5. The zero-order valence-electron chi connectivity index (χ0n) is 14.0. The maximum absolute atomic E-state index is 6.46. The van der Waals surface area contributed by atoms with E-state index in [9.17, 15) is 0 Å². The second-order valence-corrected chi connectivity index (χ2v) is 8.41. The minimum atomic E-state index is 0.382. The van der Waals surface area contributed by atoms with Gasteiger partial charge in [-0.15, -0.1) is 11.6 Å². The van der Waals surface area contributed by atoms with Gasteiger partial charge in [0.25, 0.3) is 0 Å². The maximum Gasteiger partial charge on any atom is 0.191 e. The molecule has 3 unspecified atom stereocenters. The number of nitrogens with one attached hydrogen (secondary N) is 2. The van der Waals surface area contributed by atoms with E-state index in [0.717, 1.165) is 36.8 Å². The summed E-state index contributed by atoms with van der Waals surface area (Å²) in [7, 11) is 0. The number of halogens is 1. The van der Waals surface area contributed by atoms with Crippen LogP contribution in [0.2, 0.25) is 0 Å². The summed E-state index contributed by atoms with van der Waals surface area (Å²) in [6.45, 7) is 4.31. The van der Waals surface area contributed by atoms with Gasteiger partial charge in [0.05, 0.1) is 6.54 Å². The average Bonchev–Trinajstić information content (AvgIpc) is 3.02. The standard InChI is InChI=1S/C18H32ClN3/c1-13-5-7-14(8-6-13)11-17(22-18-20-9-10-21-18)15-3-2-4-16(19)12-15/h13-17H,2-12H2,1H3,(H2,20,21,22). The SMILES string of the molecule is CC1CCC(CC(NC2=NCCN2)C2CCCC(Cl)C2)CC1. The summed E-state index contributed by atoms with van der Waals surface area (Å²) in [5, 5.41) is 7.51. The molecule has 3 rings (SSSR count). The zero-order valence-corrected chi connectivity index (χ0v) is 14.7. The Bertz CT molecular complexity index is 377. The van der Waals surface area contributed by atoms with Crippen molar-refractivity contribution in [1.82, 2.24) is 10.6 Å². The van der Waals surface area contributed by atoms with Crippen LogP contribution in [-0.4, -0.2) is 30.5 Å². The molecule has 2 fully saturated rings. The summed E-state index contributed by atoms with van der Waals surface area (Å²) < 4.78 is 0. The third kappa shape index (κ3) is 4.53. The van der Waals surface area contributed by atoms with Crippen molar-refractivity contribution in [3.63, 3.8) is 0 Å². The first-order chi connectivity index (χ1) is 10.7. The van der Waals surface area contributed by atoms with Crippen LogP contribution in [-0.2, 0) is 0 Å². The number of nitrogens with zero attached hydrogens (tertiary/aromatic N) is 1. The molecule has 0 aromatic rings. The van der Waals surface area contributed by atoms with Crippen LogP contribution in [0.4, 0.5) is 0 Å². The molecule has 0 aromatic carbocycles. The quantitative estimate of drug-likeness (QED) is 0.769. The van der Waals surface area contributed by atoms with Crippen LogP contribution < -0.4 is 10.6 Å². The molecule has 0 spiro atoms. The molecule has 3 nitrogen and oxygen atoms in total. The van der Waals surface area contributed by atoms with Crippen LogP contribution in [0.25, 0.3) is 0 Å². The second kappa shape index (κ2) is 7.90. The fraction of sp³-hybridized carbons (Fsp3) is 0.944. The molecule has 0 bridgehead atoms. The van der Waals surface area contributed by atoms with E-state index in [1.54, 1.807) is 0 Å². The van der Waals surface area contributed by atoms with Gasteiger partial charge in [-0.1, -0.05) is 39.0 Å². The van der Waals surface area contributed by atoms with E-state index in [4.69, 9.17) is 11.6 Å². The lowest BCUT2D eigenvalue weighted by Gasteiger charge is -2.37. The zero-order chi connectivity index (χ0) is 15.4. The number of hydrogen-bond donors (Lipinski definition) is 2. The summed E-state index contributed by atoms with van der Waals surface area (Å²) in [6.07, 6.45) is 12.0. The molecule has 3 atom stereocenters. The molecule has 2 saturated carbocycles. The van der Waals surface area contributed by atoms with Crippen molar-refractivity contribution in [2.45, 2.75) is 76.1 Å². The summed E-state index contributed by atoms with van der Waals surface area (Å²) in [4.78, 5) is 4.56. The van der Waals surface area contributed by atoms with Gasteiger partial charge >= 0.3 is 0 Å². The fourth-order valence-corrected chi connectivity index (χ4v) is 4.88. The molecule has 0 amide bonds. The van der Waals surface area contributed by atoms with E-state index >= 15 is 0 Å². The van der Waals surface area contributed by atoms with Crippen molar-refractivity contribution in [1.29, 1.82) is 0 Å². The summed E-state index contributed by atoms with van der Waals surface area (Å²) in [5.41, 5.74) is 0. The van der Waals surface area contributed by atoms with Crippen LogP contribution in [0.3, 0.4) is 0 Å². The first-order valence-corrected chi connectivity index (χ1v) is 9.83. The summed E-state index contributed by atoms with van der Waals surface area (Å²) in [6, 6.07) is 0.560. The highest BCUT2D eigenvalue weighted by molar-refractivity contribution is 6.20. The van der Waals surface area contributed by atoms with E-state index in [2.05, 4.69) is 22.5 Å². The lowest BCUT2D eigenvalue weighted by Crippen LogP contribution is -2.47. The Balaban J connectivity index is 1.59. The normalized spacial score (nSPS) is 37.3. The van der Waals surface area contributed by atoms with Crippen molar-refractivity contribution in [2.24, 2.45) is 22.7 Å². The molecule has 0 radical (unpaired) electrons. The number of hydrogen-bond acceptors (Lipinski definition) is 3. The minimum Gasteiger partial charge on any atom is -0.355 e. The van der Waals surface area contributed by atoms with E-state index < -0.39 is 0 Å². The van der Waals surface area contributed by atoms with Gasteiger partial charge in [-0.25, -0.2) is 0 Å². The third-order valence-corrected chi connectivity index (χ3v) is 6.34. The molecule has 2 aliphatic carbocycles. The van der Waals surface area contributed by atoms with Crippen LogP contribution in [0.1, 0.15) is 64.7 Å². The van der Waals surface area contributed by atoms with Gasteiger partial charge in [0.15, 0.2) is 5.96 Å². The van der Waals surface area contributed by atoms with Crippen LogP contribution in [0.5, 0.6) is 0 Å². The number of alkyl halides is 1. The Kier molecular flexibility index (Phi) is 5.89. The third-order valence-electron chi connectivity index (χ3n) is 5.94. The lowest BCUT2D eigenvalue weighted by atomic mass is 9.75.